The fourth-order valence-electron chi connectivity index (χ4n) is 1.29. The van der Waals surface area contributed by atoms with Crippen molar-refractivity contribution in [3.8, 4) is 0 Å². The number of nitrogens with zero attached hydrogens (tertiary/aromatic N) is 3. The number of hydrogen-bond donors (Lipinski definition) is 3. The minimum atomic E-state index is -4.19. The standard InChI is InChI=1S/C7H8N6O4S2/c8-18(14,15)5-3-1-2-4-6(5)19(16,17)11-7-9-12-13-10-7/h1-4H,(H2,8,14,15)(H2,9,10,11,12,13). The third kappa shape index (κ3) is 2.86. The first kappa shape index (κ1) is 13.4. The number of aromatic amines is 1. The second-order valence-corrected chi connectivity index (χ2v) is 6.51. The van der Waals surface area contributed by atoms with Gasteiger partial charge in [-0.2, -0.15) is 5.21 Å². The molecule has 0 spiro atoms. The largest absolute Gasteiger partial charge is 0.276 e. The molecule has 102 valence electrons. The monoisotopic (exact) mass is 304 g/mol. The van der Waals surface area contributed by atoms with Crippen molar-refractivity contribution in [1.29, 1.82) is 0 Å². The first-order chi connectivity index (χ1) is 8.81. The molecule has 0 radical (unpaired) electrons. The van der Waals surface area contributed by atoms with Crippen molar-refractivity contribution < 1.29 is 16.8 Å². The molecule has 12 heteroatoms. The van der Waals surface area contributed by atoms with Crippen LogP contribution in [-0.2, 0) is 20.0 Å². The molecule has 0 amide bonds. The van der Waals surface area contributed by atoms with Crippen molar-refractivity contribution in [3.05, 3.63) is 24.3 Å². The molecule has 1 heterocycles. The lowest BCUT2D eigenvalue weighted by Gasteiger charge is -2.08. The molecule has 0 unspecified atom stereocenters. The topological polar surface area (TPSA) is 161 Å². The van der Waals surface area contributed by atoms with Crippen LogP contribution >= 0.6 is 0 Å². The molecule has 0 saturated carbocycles. The van der Waals surface area contributed by atoms with Crippen molar-refractivity contribution in [2.24, 2.45) is 5.14 Å². The molecule has 2 aromatic rings. The van der Waals surface area contributed by atoms with Crippen LogP contribution in [-0.4, -0.2) is 37.5 Å². The molecule has 1 aromatic carbocycles. The molecule has 0 atom stereocenters. The SMILES string of the molecule is NS(=O)(=O)c1ccccc1S(=O)(=O)Nc1nn[nH]n1. The fourth-order valence-corrected chi connectivity index (χ4v) is 3.61. The van der Waals surface area contributed by atoms with Gasteiger partial charge in [0.25, 0.3) is 16.0 Å². The van der Waals surface area contributed by atoms with Gasteiger partial charge in [-0.05, 0) is 17.3 Å². The van der Waals surface area contributed by atoms with E-state index in [0.717, 1.165) is 12.1 Å². The number of nitrogens with one attached hydrogen (secondary N) is 2. The molecule has 0 saturated heterocycles. The number of aromatic nitrogens is 4. The molecule has 0 bridgehead atoms. The van der Waals surface area contributed by atoms with E-state index >= 15 is 0 Å². The molecule has 0 fully saturated rings. The predicted molar refractivity (Wildman–Crippen MR) is 62.8 cm³/mol. The van der Waals surface area contributed by atoms with E-state index in [4.69, 9.17) is 5.14 Å². The summed E-state index contributed by atoms with van der Waals surface area (Å²) in [5.74, 6) is -0.316. The molecule has 4 N–H and O–H groups in total. The number of benzene rings is 1. The van der Waals surface area contributed by atoms with Crippen molar-refractivity contribution in [1.82, 2.24) is 20.6 Å². The van der Waals surface area contributed by atoms with Crippen LogP contribution in [0.5, 0.6) is 0 Å². The van der Waals surface area contributed by atoms with Crippen molar-refractivity contribution in [2.45, 2.75) is 9.79 Å². The number of H-pyrrole nitrogens is 1. The number of hydrogen-bond acceptors (Lipinski definition) is 7. The maximum absolute atomic E-state index is 12.0. The fraction of sp³-hybridized carbons (Fsp3) is 0. The van der Waals surface area contributed by atoms with Gasteiger partial charge in [0.15, 0.2) is 0 Å². The number of primary sulfonamides is 1. The highest BCUT2D eigenvalue weighted by molar-refractivity contribution is 7.94. The zero-order valence-electron chi connectivity index (χ0n) is 9.18. The molecular weight excluding hydrogens is 296 g/mol. The zero-order chi connectivity index (χ0) is 14.1. The molecular formula is C7H8N6O4S2. The summed E-state index contributed by atoms with van der Waals surface area (Å²) in [5, 5.41) is 17.0. The predicted octanol–water partition coefficient (Wildman–Crippen LogP) is -1.35. The summed E-state index contributed by atoms with van der Waals surface area (Å²) < 4.78 is 48.7. The van der Waals surface area contributed by atoms with E-state index in [1.165, 1.54) is 12.1 Å². The molecule has 0 aliphatic rings. The Bertz CT molecular complexity index is 783. The lowest BCUT2D eigenvalue weighted by Crippen LogP contribution is -2.20. The Morgan fingerprint density at radius 1 is 1.11 bits per heavy atom. The highest BCUT2D eigenvalue weighted by Crippen LogP contribution is 2.20. The van der Waals surface area contributed by atoms with Gasteiger partial charge < -0.3 is 0 Å². The summed E-state index contributed by atoms with van der Waals surface area (Å²) in [6.07, 6.45) is 0. The smallest absolute Gasteiger partial charge is 0.245 e. The normalized spacial score (nSPS) is 12.3. The van der Waals surface area contributed by atoms with E-state index in [-0.39, 0.29) is 5.95 Å². The highest BCUT2D eigenvalue weighted by Gasteiger charge is 2.24. The number of rotatable bonds is 4. The van der Waals surface area contributed by atoms with Gasteiger partial charge in [0.2, 0.25) is 10.0 Å². The minimum Gasteiger partial charge on any atom is -0.245 e. The van der Waals surface area contributed by atoms with Crippen LogP contribution < -0.4 is 9.86 Å². The first-order valence-electron chi connectivity index (χ1n) is 4.69. The van der Waals surface area contributed by atoms with Gasteiger partial charge in [0.05, 0.1) is 0 Å². The Morgan fingerprint density at radius 3 is 2.26 bits per heavy atom. The Hall–Kier alpha value is -2.05. The van der Waals surface area contributed by atoms with Gasteiger partial charge >= 0.3 is 0 Å². The molecule has 19 heavy (non-hydrogen) atoms. The maximum Gasteiger partial charge on any atom is 0.276 e. The summed E-state index contributed by atoms with van der Waals surface area (Å²) >= 11 is 0. The molecule has 10 nitrogen and oxygen atoms in total. The Kier molecular flexibility index (Phi) is 3.21. The highest BCUT2D eigenvalue weighted by atomic mass is 32.2. The number of nitrogens with two attached hydrogens (primary N) is 1. The Labute approximate surface area is 108 Å². The summed E-state index contributed by atoms with van der Waals surface area (Å²) in [5.41, 5.74) is 0. The lowest BCUT2D eigenvalue weighted by atomic mass is 10.4. The van der Waals surface area contributed by atoms with Gasteiger partial charge in [-0.15, -0.1) is 5.10 Å². The average molecular weight is 304 g/mol. The Balaban J connectivity index is 2.53. The van der Waals surface area contributed by atoms with Crippen molar-refractivity contribution >= 4 is 26.0 Å². The van der Waals surface area contributed by atoms with E-state index < -0.39 is 29.8 Å². The van der Waals surface area contributed by atoms with Crippen LogP contribution in [0.3, 0.4) is 0 Å². The van der Waals surface area contributed by atoms with Crippen LogP contribution in [0.25, 0.3) is 0 Å². The van der Waals surface area contributed by atoms with Gasteiger partial charge in [0.1, 0.15) is 9.79 Å². The van der Waals surface area contributed by atoms with Crippen LogP contribution in [0.1, 0.15) is 0 Å². The molecule has 0 aliphatic heterocycles. The van der Waals surface area contributed by atoms with Crippen LogP contribution in [0.2, 0.25) is 0 Å². The third-order valence-electron chi connectivity index (χ3n) is 2.02. The van der Waals surface area contributed by atoms with E-state index in [0.29, 0.717) is 0 Å². The van der Waals surface area contributed by atoms with Crippen LogP contribution in [0.4, 0.5) is 5.95 Å². The zero-order valence-corrected chi connectivity index (χ0v) is 10.8. The summed E-state index contributed by atoms with van der Waals surface area (Å²) in [7, 11) is -8.37. The van der Waals surface area contributed by atoms with E-state index in [9.17, 15) is 16.8 Å². The number of sulfonamides is 2. The maximum atomic E-state index is 12.0. The quantitative estimate of drug-likeness (QED) is 0.629. The Morgan fingerprint density at radius 2 is 1.74 bits per heavy atom. The lowest BCUT2D eigenvalue weighted by molar-refractivity contribution is 0.586. The van der Waals surface area contributed by atoms with Crippen molar-refractivity contribution in [2.75, 3.05) is 4.72 Å². The van der Waals surface area contributed by atoms with Crippen LogP contribution in [0.15, 0.2) is 34.1 Å². The van der Waals surface area contributed by atoms with E-state index in [1.807, 2.05) is 4.72 Å². The third-order valence-corrected chi connectivity index (χ3v) is 4.50. The molecule has 1 aromatic heterocycles. The summed E-state index contributed by atoms with van der Waals surface area (Å²) in [6.45, 7) is 0. The van der Waals surface area contributed by atoms with Gasteiger partial charge in [-0.1, -0.05) is 17.2 Å². The first-order valence-corrected chi connectivity index (χ1v) is 7.72. The second-order valence-electron chi connectivity index (χ2n) is 3.33. The minimum absolute atomic E-state index is 0.316. The van der Waals surface area contributed by atoms with Crippen molar-refractivity contribution in [3.63, 3.8) is 0 Å². The van der Waals surface area contributed by atoms with E-state index in [2.05, 4.69) is 20.6 Å². The molecule has 0 aliphatic carbocycles. The van der Waals surface area contributed by atoms with Gasteiger partial charge in [-0.25, -0.2) is 26.7 Å². The summed E-state index contributed by atoms with van der Waals surface area (Å²) in [4.78, 5) is -1.02. The van der Waals surface area contributed by atoms with Crippen LogP contribution in [0, 0.1) is 0 Å². The average Bonchev–Trinajstić information content (AvgIpc) is 2.80. The summed E-state index contributed by atoms with van der Waals surface area (Å²) in [6, 6.07) is 4.90. The van der Waals surface area contributed by atoms with Gasteiger partial charge in [0, 0.05) is 0 Å². The van der Waals surface area contributed by atoms with E-state index in [1.54, 1.807) is 0 Å². The number of tetrazole rings is 1. The number of anilines is 1. The van der Waals surface area contributed by atoms with Gasteiger partial charge in [-0.3, -0.25) is 0 Å². The second kappa shape index (κ2) is 4.56. The molecule has 2 rings (SSSR count).